The van der Waals surface area contributed by atoms with Gasteiger partial charge in [0.2, 0.25) is 0 Å². The predicted molar refractivity (Wildman–Crippen MR) is 57.4 cm³/mol. The summed E-state index contributed by atoms with van der Waals surface area (Å²) in [5, 5.41) is 13.5. The molecule has 14 heavy (non-hydrogen) atoms. The van der Waals surface area contributed by atoms with E-state index < -0.39 is 5.60 Å². The lowest BCUT2D eigenvalue weighted by Crippen LogP contribution is -2.46. The van der Waals surface area contributed by atoms with E-state index in [9.17, 15) is 5.11 Å². The van der Waals surface area contributed by atoms with Crippen molar-refractivity contribution in [1.82, 2.24) is 5.32 Å². The monoisotopic (exact) mass is 201 g/mol. The van der Waals surface area contributed by atoms with E-state index in [4.69, 9.17) is 4.74 Å². The van der Waals surface area contributed by atoms with Crippen LogP contribution in [0.1, 0.15) is 39.5 Å². The zero-order chi connectivity index (χ0) is 10.6. The number of methoxy groups -OCH3 is 1. The van der Waals surface area contributed by atoms with Crippen LogP contribution in [0.4, 0.5) is 0 Å². The Kier molecular flexibility index (Phi) is 4.35. The Bertz CT molecular complexity index is 163. The molecule has 0 aromatic rings. The molecule has 1 rings (SSSR count). The molecule has 0 saturated heterocycles. The number of aliphatic hydroxyl groups is 1. The van der Waals surface area contributed by atoms with Crippen molar-refractivity contribution in [2.45, 2.75) is 57.3 Å². The third-order valence-electron chi connectivity index (χ3n) is 3.04. The summed E-state index contributed by atoms with van der Waals surface area (Å²) in [6.45, 7) is 4.91. The van der Waals surface area contributed by atoms with Crippen LogP contribution in [0.25, 0.3) is 0 Å². The van der Waals surface area contributed by atoms with Gasteiger partial charge in [-0.05, 0) is 25.7 Å². The van der Waals surface area contributed by atoms with Crippen molar-refractivity contribution in [3.8, 4) is 0 Å². The molecule has 2 N–H and O–H groups in total. The van der Waals surface area contributed by atoms with Crippen molar-refractivity contribution in [1.29, 1.82) is 0 Å². The molecular weight excluding hydrogens is 178 g/mol. The Balaban J connectivity index is 2.30. The first-order chi connectivity index (χ1) is 6.56. The fraction of sp³-hybridized carbons (Fsp3) is 1.00. The first kappa shape index (κ1) is 12.0. The number of ether oxygens (including phenoxy) is 1. The van der Waals surface area contributed by atoms with Crippen LogP contribution in [0.3, 0.4) is 0 Å². The van der Waals surface area contributed by atoms with Gasteiger partial charge in [-0.2, -0.15) is 0 Å². The maximum Gasteiger partial charge on any atom is 0.0773 e. The van der Waals surface area contributed by atoms with Gasteiger partial charge in [-0.3, -0.25) is 0 Å². The molecule has 0 unspecified atom stereocenters. The fourth-order valence-electron chi connectivity index (χ4n) is 1.94. The summed E-state index contributed by atoms with van der Waals surface area (Å²) in [6, 6.07) is 0.444. The van der Waals surface area contributed by atoms with E-state index in [2.05, 4.69) is 19.2 Å². The number of hydrogen-bond acceptors (Lipinski definition) is 3. The summed E-state index contributed by atoms with van der Waals surface area (Å²) in [5.41, 5.74) is -0.501. The Morgan fingerprint density at radius 3 is 2.43 bits per heavy atom. The Morgan fingerprint density at radius 1 is 1.43 bits per heavy atom. The largest absolute Gasteiger partial charge is 0.389 e. The molecule has 3 nitrogen and oxygen atoms in total. The summed E-state index contributed by atoms with van der Waals surface area (Å²) in [7, 11) is 1.75. The van der Waals surface area contributed by atoms with E-state index in [0.29, 0.717) is 18.7 Å². The SMILES string of the molecule is COC1CCC(O)(CNC(C)C)CC1. The van der Waals surface area contributed by atoms with Gasteiger partial charge >= 0.3 is 0 Å². The normalized spacial score (nSPS) is 33.6. The minimum absolute atomic E-state index is 0.356. The van der Waals surface area contributed by atoms with Crippen LogP contribution in [-0.2, 0) is 4.74 Å². The fourth-order valence-corrected chi connectivity index (χ4v) is 1.94. The second-order valence-electron chi connectivity index (χ2n) is 4.70. The van der Waals surface area contributed by atoms with Gasteiger partial charge in [0.05, 0.1) is 11.7 Å². The second kappa shape index (κ2) is 5.10. The molecule has 1 fully saturated rings. The van der Waals surface area contributed by atoms with E-state index in [1.165, 1.54) is 0 Å². The predicted octanol–water partition coefficient (Wildman–Crippen LogP) is 1.30. The zero-order valence-electron chi connectivity index (χ0n) is 9.55. The quantitative estimate of drug-likeness (QED) is 0.720. The van der Waals surface area contributed by atoms with E-state index in [0.717, 1.165) is 25.7 Å². The van der Waals surface area contributed by atoms with E-state index in [1.54, 1.807) is 7.11 Å². The van der Waals surface area contributed by atoms with Gasteiger partial charge in [-0.25, -0.2) is 0 Å². The van der Waals surface area contributed by atoms with Gasteiger partial charge < -0.3 is 15.2 Å². The molecule has 0 heterocycles. The Hall–Kier alpha value is -0.120. The van der Waals surface area contributed by atoms with Crippen LogP contribution in [0, 0.1) is 0 Å². The first-order valence-corrected chi connectivity index (χ1v) is 5.54. The average Bonchev–Trinajstić information content (AvgIpc) is 2.16. The summed E-state index contributed by atoms with van der Waals surface area (Å²) < 4.78 is 5.28. The van der Waals surface area contributed by atoms with Crippen LogP contribution in [0.15, 0.2) is 0 Å². The number of nitrogens with one attached hydrogen (secondary N) is 1. The van der Waals surface area contributed by atoms with Gasteiger partial charge in [0.25, 0.3) is 0 Å². The summed E-state index contributed by atoms with van der Waals surface area (Å²) in [6.07, 6.45) is 4.02. The third kappa shape index (κ3) is 3.56. The van der Waals surface area contributed by atoms with E-state index >= 15 is 0 Å². The summed E-state index contributed by atoms with van der Waals surface area (Å²) >= 11 is 0. The highest BCUT2D eigenvalue weighted by atomic mass is 16.5. The average molecular weight is 201 g/mol. The highest BCUT2D eigenvalue weighted by Crippen LogP contribution is 2.29. The van der Waals surface area contributed by atoms with Gasteiger partial charge in [0.1, 0.15) is 0 Å². The van der Waals surface area contributed by atoms with Gasteiger partial charge in [-0.1, -0.05) is 13.8 Å². The van der Waals surface area contributed by atoms with Crippen LogP contribution in [-0.4, -0.2) is 36.5 Å². The minimum Gasteiger partial charge on any atom is -0.389 e. The molecule has 1 saturated carbocycles. The van der Waals surface area contributed by atoms with Crippen LogP contribution in [0.5, 0.6) is 0 Å². The number of hydrogen-bond donors (Lipinski definition) is 2. The second-order valence-corrected chi connectivity index (χ2v) is 4.70. The smallest absolute Gasteiger partial charge is 0.0773 e. The van der Waals surface area contributed by atoms with Crippen LogP contribution >= 0.6 is 0 Å². The molecule has 1 aliphatic rings. The van der Waals surface area contributed by atoms with Crippen molar-refractivity contribution >= 4 is 0 Å². The first-order valence-electron chi connectivity index (χ1n) is 5.54. The Labute approximate surface area is 86.8 Å². The molecule has 1 aliphatic carbocycles. The summed E-state index contributed by atoms with van der Waals surface area (Å²) in [5.74, 6) is 0. The van der Waals surface area contributed by atoms with Crippen molar-refractivity contribution in [3.63, 3.8) is 0 Å². The molecule has 0 atom stereocenters. The van der Waals surface area contributed by atoms with Crippen molar-refractivity contribution in [2.75, 3.05) is 13.7 Å². The molecular formula is C11H23NO2. The topological polar surface area (TPSA) is 41.5 Å². The standard InChI is InChI=1S/C11H23NO2/c1-9(2)12-8-11(13)6-4-10(14-3)5-7-11/h9-10,12-13H,4-8H2,1-3H3. The lowest BCUT2D eigenvalue weighted by Gasteiger charge is -2.36. The highest BCUT2D eigenvalue weighted by molar-refractivity contribution is 4.88. The van der Waals surface area contributed by atoms with E-state index in [1.807, 2.05) is 0 Å². The molecule has 0 aromatic heterocycles. The molecule has 0 amide bonds. The minimum atomic E-state index is -0.501. The van der Waals surface area contributed by atoms with Crippen molar-refractivity contribution in [2.24, 2.45) is 0 Å². The Morgan fingerprint density at radius 2 is 2.00 bits per heavy atom. The van der Waals surface area contributed by atoms with E-state index in [-0.39, 0.29) is 0 Å². The lowest BCUT2D eigenvalue weighted by molar-refractivity contribution is -0.0427. The molecule has 3 heteroatoms. The van der Waals surface area contributed by atoms with Gasteiger partial charge in [0, 0.05) is 19.7 Å². The lowest BCUT2D eigenvalue weighted by atomic mass is 9.83. The molecule has 0 spiro atoms. The number of rotatable bonds is 4. The van der Waals surface area contributed by atoms with Crippen molar-refractivity contribution in [3.05, 3.63) is 0 Å². The summed E-state index contributed by atoms with van der Waals surface area (Å²) in [4.78, 5) is 0. The van der Waals surface area contributed by atoms with Crippen LogP contribution in [0.2, 0.25) is 0 Å². The highest BCUT2D eigenvalue weighted by Gasteiger charge is 2.32. The molecule has 84 valence electrons. The maximum atomic E-state index is 10.2. The molecule has 0 radical (unpaired) electrons. The third-order valence-corrected chi connectivity index (χ3v) is 3.04. The zero-order valence-corrected chi connectivity index (χ0v) is 9.55. The molecule has 0 aromatic carbocycles. The van der Waals surface area contributed by atoms with Gasteiger partial charge in [0.15, 0.2) is 0 Å². The van der Waals surface area contributed by atoms with Gasteiger partial charge in [-0.15, -0.1) is 0 Å². The van der Waals surface area contributed by atoms with Crippen LogP contribution < -0.4 is 5.32 Å². The maximum absolute atomic E-state index is 10.2. The molecule has 0 bridgehead atoms. The molecule has 0 aliphatic heterocycles. The van der Waals surface area contributed by atoms with Crippen molar-refractivity contribution < 1.29 is 9.84 Å².